The quantitative estimate of drug-likeness (QED) is 0.787. The molecule has 1 N–H and O–H groups in total. The highest BCUT2D eigenvalue weighted by atomic mass is 16.5. The van der Waals surface area contributed by atoms with Crippen LogP contribution in [0.4, 0.5) is 0 Å². The summed E-state index contributed by atoms with van der Waals surface area (Å²) in [6, 6.07) is 7.35. The van der Waals surface area contributed by atoms with Crippen LogP contribution >= 0.6 is 0 Å². The van der Waals surface area contributed by atoms with Gasteiger partial charge in [0.05, 0.1) is 6.10 Å². The summed E-state index contributed by atoms with van der Waals surface area (Å²) in [7, 11) is 0. The van der Waals surface area contributed by atoms with E-state index in [0.29, 0.717) is 24.5 Å². The molecule has 0 radical (unpaired) electrons. The molecule has 3 nitrogen and oxygen atoms in total. The lowest BCUT2D eigenvalue weighted by molar-refractivity contribution is 0.0971. The van der Waals surface area contributed by atoms with Crippen molar-refractivity contribution in [3.63, 3.8) is 0 Å². The fourth-order valence-electron chi connectivity index (χ4n) is 2.30. The smallest absolute Gasteiger partial charge is 0.162 e. The van der Waals surface area contributed by atoms with Gasteiger partial charge in [0.15, 0.2) is 5.78 Å². The average molecular weight is 248 g/mol. The van der Waals surface area contributed by atoms with Crippen LogP contribution in [0.3, 0.4) is 0 Å². The molecule has 2 rings (SSSR count). The van der Waals surface area contributed by atoms with Crippen molar-refractivity contribution < 1.29 is 14.6 Å². The molecular weight excluding hydrogens is 228 g/mol. The van der Waals surface area contributed by atoms with Gasteiger partial charge >= 0.3 is 0 Å². The van der Waals surface area contributed by atoms with E-state index >= 15 is 0 Å². The number of rotatable bonds is 6. The van der Waals surface area contributed by atoms with E-state index < -0.39 is 0 Å². The normalized spacial score (nSPS) is 15.8. The summed E-state index contributed by atoms with van der Waals surface area (Å²) >= 11 is 0. The van der Waals surface area contributed by atoms with Crippen LogP contribution in [0.15, 0.2) is 24.3 Å². The molecule has 0 unspecified atom stereocenters. The highest BCUT2D eigenvalue weighted by Gasteiger charge is 2.16. The van der Waals surface area contributed by atoms with Gasteiger partial charge in [-0.25, -0.2) is 0 Å². The molecule has 1 aromatic carbocycles. The van der Waals surface area contributed by atoms with Crippen LogP contribution in [0.1, 0.15) is 48.9 Å². The fraction of sp³-hybridized carbons (Fsp3) is 0.533. The molecule has 0 bridgehead atoms. The molecule has 0 spiro atoms. The van der Waals surface area contributed by atoms with Crippen LogP contribution in [-0.2, 0) is 0 Å². The second-order valence-electron chi connectivity index (χ2n) is 4.80. The lowest BCUT2D eigenvalue weighted by Crippen LogP contribution is -2.10. The molecule has 1 saturated carbocycles. The molecule has 18 heavy (non-hydrogen) atoms. The Balaban J connectivity index is 1.90. The number of aliphatic hydroxyl groups is 1. The number of aliphatic hydroxyl groups excluding tert-OH is 1. The molecule has 1 aliphatic rings. The molecule has 1 aliphatic carbocycles. The molecule has 0 saturated heterocycles. The van der Waals surface area contributed by atoms with E-state index in [-0.39, 0.29) is 12.4 Å². The molecule has 1 aromatic rings. The van der Waals surface area contributed by atoms with Gasteiger partial charge in [-0.05, 0) is 56.4 Å². The van der Waals surface area contributed by atoms with Crippen molar-refractivity contribution in [2.24, 2.45) is 0 Å². The first-order valence-electron chi connectivity index (χ1n) is 6.70. The van der Waals surface area contributed by atoms with Gasteiger partial charge in [-0.1, -0.05) is 0 Å². The Morgan fingerprint density at radius 2 is 1.89 bits per heavy atom. The summed E-state index contributed by atoms with van der Waals surface area (Å²) in [5.41, 5.74) is 0.697. The predicted octanol–water partition coefficient (Wildman–Crippen LogP) is 2.96. The van der Waals surface area contributed by atoms with Crippen LogP contribution in [0.2, 0.25) is 0 Å². The zero-order valence-corrected chi connectivity index (χ0v) is 10.6. The minimum atomic E-state index is 0.0641. The molecule has 0 aliphatic heterocycles. The standard InChI is InChI=1S/C15H20O3/c16-11-3-6-15(17)12-7-9-14(10-8-12)18-13-4-1-2-5-13/h7-10,13,16H,1-6,11H2. The number of Topliss-reactive ketones (excluding diaryl/α,β-unsaturated/α-hetero) is 1. The first-order valence-corrected chi connectivity index (χ1v) is 6.70. The van der Waals surface area contributed by atoms with E-state index in [2.05, 4.69) is 0 Å². The van der Waals surface area contributed by atoms with Crippen LogP contribution in [-0.4, -0.2) is 23.6 Å². The van der Waals surface area contributed by atoms with Crippen molar-refractivity contribution >= 4 is 5.78 Å². The van der Waals surface area contributed by atoms with Gasteiger partial charge in [0, 0.05) is 18.6 Å². The van der Waals surface area contributed by atoms with Crippen molar-refractivity contribution in [2.45, 2.75) is 44.6 Å². The number of hydrogen-bond donors (Lipinski definition) is 1. The zero-order chi connectivity index (χ0) is 12.8. The summed E-state index contributed by atoms with van der Waals surface area (Å²) < 4.78 is 5.84. The molecule has 98 valence electrons. The van der Waals surface area contributed by atoms with Crippen molar-refractivity contribution in [3.05, 3.63) is 29.8 Å². The van der Waals surface area contributed by atoms with Gasteiger partial charge < -0.3 is 9.84 Å². The Labute approximate surface area is 108 Å². The molecule has 0 aromatic heterocycles. The van der Waals surface area contributed by atoms with Gasteiger partial charge in [-0.3, -0.25) is 4.79 Å². The van der Waals surface area contributed by atoms with Gasteiger partial charge in [-0.15, -0.1) is 0 Å². The second kappa shape index (κ2) is 6.55. The van der Waals surface area contributed by atoms with E-state index in [4.69, 9.17) is 9.84 Å². The van der Waals surface area contributed by atoms with Crippen molar-refractivity contribution in [3.8, 4) is 5.75 Å². The number of hydrogen-bond acceptors (Lipinski definition) is 3. The average Bonchev–Trinajstić information content (AvgIpc) is 2.89. The summed E-state index contributed by atoms with van der Waals surface area (Å²) in [5.74, 6) is 0.928. The molecular formula is C15H20O3. The minimum absolute atomic E-state index is 0.0641. The Morgan fingerprint density at radius 1 is 1.22 bits per heavy atom. The summed E-state index contributed by atoms with van der Waals surface area (Å²) in [4.78, 5) is 11.7. The molecule has 0 atom stereocenters. The third-order valence-electron chi connectivity index (χ3n) is 3.34. The maximum Gasteiger partial charge on any atom is 0.162 e. The maximum atomic E-state index is 11.7. The largest absolute Gasteiger partial charge is 0.490 e. The topological polar surface area (TPSA) is 46.5 Å². The van der Waals surface area contributed by atoms with E-state index in [1.54, 1.807) is 0 Å². The van der Waals surface area contributed by atoms with Gasteiger partial charge in [0.1, 0.15) is 5.75 Å². The van der Waals surface area contributed by atoms with Gasteiger partial charge in [0.25, 0.3) is 0 Å². The van der Waals surface area contributed by atoms with Crippen molar-refractivity contribution in [1.82, 2.24) is 0 Å². The summed E-state index contributed by atoms with van der Waals surface area (Å²) in [5, 5.41) is 8.69. The third-order valence-corrected chi connectivity index (χ3v) is 3.34. The molecule has 3 heteroatoms. The van der Waals surface area contributed by atoms with Gasteiger partial charge in [-0.2, -0.15) is 0 Å². The van der Waals surface area contributed by atoms with E-state index in [9.17, 15) is 4.79 Å². The Hall–Kier alpha value is -1.35. The number of carbonyl (C=O) groups is 1. The number of ketones is 1. The molecule has 0 amide bonds. The van der Waals surface area contributed by atoms with E-state index in [1.165, 1.54) is 12.8 Å². The Kier molecular flexibility index (Phi) is 4.76. The van der Waals surface area contributed by atoms with E-state index in [1.807, 2.05) is 24.3 Å². The Bertz CT molecular complexity index is 377. The lowest BCUT2D eigenvalue weighted by Gasteiger charge is -2.13. The highest BCUT2D eigenvalue weighted by Crippen LogP contribution is 2.24. The summed E-state index contributed by atoms with van der Waals surface area (Å²) in [6.45, 7) is 0.0641. The zero-order valence-electron chi connectivity index (χ0n) is 10.6. The highest BCUT2D eigenvalue weighted by molar-refractivity contribution is 5.96. The van der Waals surface area contributed by atoms with Crippen LogP contribution in [0, 0.1) is 0 Å². The summed E-state index contributed by atoms with van der Waals surface area (Å²) in [6.07, 6.45) is 6.05. The third kappa shape index (κ3) is 3.57. The number of ether oxygens (including phenoxy) is 1. The first kappa shape index (κ1) is 13.1. The molecule has 0 heterocycles. The fourth-order valence-corrected chi connectivity index (χ4v) is 2.30. The lowest BCUT2D eigenvalue weighted by atomic mass is 10.1. The number of benzene rings is 1. The maximum absolute atomic E-state index is 11.7. The van der Waals surface area contributed by atoms with Crippen LogP contribution < -0.4 is 4.74 Å². The second-order valence-corrected chi connectivity index (χ2v) is 4.80. The molecule has 1 fully saturated rings. The number of carbonyl (C=O) groups excluding carboxylic acids is 1. The van der Waals surface area contributed by atoms with Crippen LogP contribution in [0.25, 0.3) is 0 Å². The Morgan fingerprint density at radius 3 is 2.50 bits per heavy atom. The minimum Gasteiger partial charge on any atom is -0.490 e. The van der Waals surface area contributed by atoms with Gasteiger partial charge in [0.2, 0.25) is 0 Å². The van der Waals surface area contributed by atoms with Crippen LogP contribution in [0.5, 0.6) is 5.75 Å². The van der Waals surface area contributed by atoms with E-state index in [0.717, 1.165) is 18.6 Å². The monoisotopic (exact) mass is 248 g/mol. The SMILES string of the molecule is O=C(CCCO)c1ccc(OC2CCCC2)cc1. The van der Waals surface area contributed by atoms with Crippen molar-refractivity contribution in [1.29, 1.82) is 0 Å². The first-order chi connectivity index (χ1) is 8.79. The predicted molar refractivity (Wildman–Crippen MR) is 70.0 cm³/mol. The van der Waals surface area contributed by atoms with Crippen molar-refractivity contribution in [2.75, 3.05) is 6.61 Å².